The molecule has 0 fully saturated rings. The highest BCUT2D eigenvalue weighted by molar-refractivity contribution is 5.26. The largest absolute Gasteiger partial charge is 0.384 e. The molecule has 126 valence electrons. The van der Waals surface area contributed by atoms with Crippen molar-refractivity contribution >= 4 is 0 Å². The molecule has 0 aliphatic carbocycles. The lowest BCUT2D eigenvalue weighted by Gasteiger charge is -2.07. The summed E-state index contributed by atoms with van der Waals surface area (Å²) in [4.78, 5) is 4.26. The monoisotopic (exact) mass is 328 g/mol. The minimum atomic E-state index is -0.711. The fraction of sp³-hybridized carbons (Fsp3) is 0.353. The van der Waals surface area contributed by atoms with Crippen molar-refractivity contribution in [1.29, 1.82) is 0 Å². The summed E-state index contributed by atoms with van der Waals surface area (Å²) < 4.78 is 12.3. The lowest BCUT2D eigenvalue weighted by Crippen LogP contribution is -2.04. The molecule has 0 radical (unpaired) electrons. The molecule has 7 nitrogen and oxygen atoms in total. The molecule has 24 heavy (non-hydrogen) atoms. The molecule has 2 aromatic heterocycles. The number of hydrogen-bond donors (Lipinski definition) is 1. The van der Waals surface area contributed by atoms with Crippen LogP contribution in [0.25, 0.3) is 0 Å². The Hall–Kier alpha value is -2.51. The molecule has 1 atom stereocenters. The van der Waals surface area contributed by atoms with Crippen LogP contribution in [0.3, 0.4) is 0 Å². The Morgan fingerprint density at radius 3 is 2.75 bits per heavy atom. The van der Waals surface area contributed by atoms with Gasteiger partial charge in [0, 0.05) is 11.8 Å². The Balaban J connectivity index is 1.64. The topological polar surface area (TPSA) is 86.2 Å². The van der Waals surface area contributed by atoms with Crippen molar-refractivity contribution in [1.82, 2.24) is 19.9 Å². The van der Waals surface area contributed by atoms with Crippen molar-refractivity contribution in [2.24, 2.45) is 0 Å². The molecule has 3 aromatic rings. The maximum Gasteiger partial charge on any atom is 0.248 e. The molecular formula is C17H20N4O3. The van der Waals surface area contributed by atoms with Gasteiger partial charge in [0.1, 0.15) is 19.3 Å². The normalized spacial score (nSPS) is 12.7. The maximum absolute atomic E-state index is 10.4. The van der Waals surface area contributed by atoms with Crippen LogP contribution in [-0.2, 0) is 17.9 Å². The van der Waals surface area contributed by atoms with Crippen LogP contribution in [-0.4, -0.2) is 31.1 Å². The van der Waals surface area contributed by atoms with Gasteiger partial charge in [-0.25, -0.2) is 0 Å². The Bertz CT molecular complexity index is 767. The summed E-state index contributed by atoms with van der Waals surface area (Å²) >= 11 is 0. The fourth-order valence-corrected chi connectivity index (χ4v) is 2.23. The third kappa shape index (κ3) is 4.06. The van der Waals surface area contributed by atoms with E-state index in [0.717, 1.165) is 5.56 Å². The van der Waals surface area contributed by atoms with Crippen molar-refractivity contribution in [3.05, 3.63) is 65.6 Å². The first-order valence-electron chi connectivity index (χ1n) is 7.80. The lowest BCUT2D eigenvalue weighted by atomic mass is 10.1. The van der Waals surface area contributed by atoms with E-state index in [4.69, 9.17) is 9.26 Å². The van der Waals surface area contributed by atoms with E-state index in [1.807, 2.05) is 44.2 Å². The number of aliphatic hydroxyl groups excluding tert-OH is 1. The van der Waals surface area contributed by atoms with E-state index in [-0.39, 0.29) is 6.10 Å². The van der Waals surface area contributed by atoms with Crippen molar-refractivity contribution in [3.63, 3.8) is 0 Å². The number of aliphatic hydroxyl groups is 1. The van der Waals surface area contributed by atoms with E-state index >= 15 is 0 Å². The van der Waals surface area contributed by atoms with Crippen LogP contribution in [0.5, 0.6) is 0 Å². The highest BCUT2D eigenvalue weighted by Crippen LogP contribution is 2.21. The van der Waals surface area contributed by atoms with Gasteiger partial charge in [-0.05, 0) is 19.4 Å². The molecule has 0 spiro atoms. The van der Waals surface area contributed by atoms with E-state index < -0.39 is 6.10 Å². The second-order valence-electron chi connectivity index (χ2n) is 5.75. The number of benzene rings is 1. The van der Waals surface area contributed by atoms with Gasteiger partial charge in [0.15, 0.2) is 5.82 Å². The SMILES string of the molecule is CC(C)OCc1noc(Cn2cc(C(O)c3ccccc3)cn2)n1. The summed E-state index contributed by atoms with van der Waals surface area (Å²) in [7, 11) is 0. The van der Waals surface area contributed by atoms with Gasteiger partial charge in [-0.15, -0.1) is 0 Å². The second-order valence-corrected chi connectivity index (χ2v) is 5.75. The number of aromatic nitrogens is 4. The summed E-state index contributed by atoms with van der Waals surface area (Å²) in [5.41, 5.74) is 1.53. The van der Waals surface area contributed by atoms with Gasteiger partial charge >= 0.3 is 0 Å². The minimum absolute atomic E-state index is 0.111. The predicted octanol–water partition coefficient (Wildman–Crippen LogP) is 2.32. The van der Waals surface area contributed by atoms with Crippen LogP contribution in [0.2, 0.25) is 0 Å². The minimum Gasteiger partial charge on any atom is -0.384 e. The third-order valence-electron chi connectivity index (χ3n) is 3.44. The number of hydrogen-bond acceptors (Lipinski definition) is 6. The molecular weight excluding hydrogens is 308 g/mol. The first-order chi connectivity index (χ1) is 11.6. The summed E-state index contributed by atoms with van der Waals surface area (Å²) in [6.45, 7) is 4.56. The zero-order valence-electron chi connectivity index (χ0n) is 13.7. The van der Waals surface area contributed by atoms with Gasteiger partial charge in [-0.1, -0.05) is 35.5 Å². The summed E-state index contributed by atoms with van der Waals surface area (Å²) in [5.74, 6) is 0.955. The molecule has 1 unspecified atom stereocenters. The molecule has 1 N–H and O–H groups in total. The summed E-state index contributed by atoms with van der Waals surface area (Å²) in [5, 5.41) is 18.5. The quantitative estimate of drug-likeness (QED) is 0.716. The summed E-state index contributed by atoms with van der Waals surface area (Å²) in [6.07, 6.45) is 2.81. The van der Waals surface area contributed by atoms with E-state index in [9.17, 15) is 5.11 Å². The molecule has 0 aliphatic rings. The smallest absolute Gasteiger partial charge is 0.248 e. The Morgan fingerprint density at radius 1 is 1.21 bits per heavy atom. The van der Waals surface area contributed by atoms with Crippen molar-refractivity contribution < 1.29 is 14.4 Å². The standard InChI is InChI=1S/C17H20N4O3/c1-12(2)23-11-15-19-16(24-20-15)10-21-9-14(8-18-21)17(22)13-6-4-3-5-7-13/h3-9,12,17,22H,10-11H2,1-2H3. The van der Waals surface area contributed by atoms with Gasteiger partial charge in [-0.2, -0.15) is 10.1 Å². The van der Waals surface area contributed by atoms with Gasteiger partial charge < -0.3 is 14.4 Å². The van der Waals surface area contributed by atoms with Crippen molar-refractivity contribution in [3.8, 4) is 0 Å². The van der Waals surface area contributed by atoms with Crippen LogP contribution in [0.15, 0.2) is 47.2 Å². The molecule has 0 saturated carbocycles. The molecule has 2 heterocycles. The van der Waals surface area contributed by atoms with Gasteiger partial charge in [-0.3, -0.25) is 4.68 Å². The van der Waals surface area contributed by atoms with Crippen molar-refractivity contribution in [2.45, 2.75) is 39.2 Å². The van der Waals surface area contributed by atoms with E-state index in [1.54, 1.807) is 17.1 Å². The Labute approximate surface area is 139 Å². The van der Waals surface area contributed by atoms with Crippen LogP contribution in [0.1, 0.15) is 42.8 Å². The zero-order chi connectivity index (χ0) is 16.9. The number of nitrogens with zero attached hydrogens (tertiary/aromatic N) is 4. The van der Waals surface area contributed by atoms with Crippen molar-refractivity contribution in [2.75, 3.05) is 0 Å². The number of ether oxygens (including phenoxy) is 1. The molecule has 0 amide bonds. The van der Waals surface area contributed by atoms with Gasteiger partial charge in [0.2, 0.25) is 5.89 Å². The second kappa shape index (κ2) is 7.37. The first kappa shape index (κ1) is 16.4. The average Bonchev–Trinajstić information content (AvgIpc) is 3.23. The predicted molar refractivity (Wildman–Crippen MR) is 86.1 cm³/mol. The van der Waals surface area contributed by atoms with E-state index in [0.29, 0.717) is 30.4 Å². The van der Waals surface area contributed by atoms with Crippen LogP contribution in [0, 0.1) is 0 Å². The molecule has 1 aromatic carbocycles. The average molecular weight is 328 g/mol. The van der Waals surface area contributed by atoms with Gasteiger partial charge in [0.05, 0.1) is 12.3 Å². The first-order valence-corrected chi connectivity index (χ1v) is 7.80. The highest BCUT2D eigenvalue weighted by atomic mass is 16.5. The molecule has 0 saturated heterocycles. The van der Waals surface area contributed by atoms with E-state index in [2.05, 4.69) is 15.2 Å². The Kier molecular flexibility index (Phi) is 5.02. The van der Waals surface area contributed by atoms with E-state index in [1.165, 1.54) is 0 Å². The van der Waals surface area contributed by atoms with Crippen LogP contribution >= 0.6 is 0 Å². The molecule has 3 rings (SSSR count). The fourth-order valence-electron chi connectivity index (χ4n) is 2.23. The summed E-state index contributed by atoms with van der Waals surface area (Å²) in [6, 6.07) is 9.45. The third-order valence-corrected chi connectivity index (χ3v) is 3.44. The number of rotatable bonds is 7. The highest BCUT2D eigenvalue weighted by Gasteiger charge is 2.14. The maximum atomic E-state index is 10.4. The molecule has 0 aliphatic heterocycles. The lowest BCUT2D eigenvalue weighted by molar-refractivity contribution is 0.0601. The van der Waals surface area contributed by atoms with Crippen LogP contribution < -0.4 is 0 Å². The molecule has 7 heteroatoms. The molecule has 0 bridgehead atoms. The van der Waals surface area contributed by atoms with Crippen LogP contribution in [0.4, 0.5) is 0 Å². The zero-order valence-corrected chi connectivity index (χ0v) is 13.7. The van der Waals surface area contributed by atoms with Gasteiger partial charge in [0.25, 0.3) is 0 Å². The Morgan fingerprint density at radius 2 is 2.00 bits per heavy atom.